The van der Waals surface area contributed by atoms with Gasteiger partial charge in [0.25, 0.3) is 5.91 Å². The molecule has 0 unspecified atom stereocenters. The Labute approximate surface area is 115 Å². The first-order chi connectivity index (χ1) is 9.56. The minimum atomic E-state index is -1.04. The lowest BCUT2D eigenvalue weighted by Gasteiger charge is -2.06. The lowest BCUT2D eigenvalue weighted by molar-refractivity contribution is -0.387. The summed E-state index contributed by atoms with van der Waals surface area (Å²) in [6.07, 6.45) is 2.44. The highest BCUT2D eigenvalue weighted by atomic mass is 19.1. The SMILES string of the molecule is C=CCCOCCNC(=O)c1ccc([N+](=O)[O-])c(F)c1. The molecular formula is C13H15FN2O4. The molecule has 108 valence electrons. The van der Waals surface area contributed by atoms with E-state index in [1.807, 2.05) is 0 Å². The van der Waals surface area contributed by atoms with Crippen LogP contribution in [0.15, 0.2) is 30.9 Å². The number of rotatable bonds is 8. The van der Waals surface area contributed by atoms with Gasteiger partial charge in [-0.1, -0.05) is 6.08 Å². The molecule has 6 nitrogen and oxygen atoms in total. The third kappa shape index (κ3) is 4.77. The average Bonchev–Trinajstić information content (AvgIpc) is 2.41. The highest BCUT2D eigenvalue weighted by Crippen LogP contribution is 2.17. The Balaban J connectivity index is 2.46. The summed E-state index contributed by atoms with van der Waals surface area (Å²) in [5, 5.41) is 13.0. The first kappa shape index (κ1) is 15.8. The van der Waals surface area contributed by atoms with Crippen molar-refractivity contribution in [2.45, 2.75) is 6.42 Å². The summed E-state index contributed by atoms with van der Waals surface area (Å²) in [6, 6.07) is 3.01. The molecule has 0 aliphatic rings. The average molecular weight is 282 g/mol. The molecule has 0 bridgehead atoms. The van der Waals surface area contributed by atoms with Crippen LogP contribution in [-0.2, 0) is 4.74 Å². The molecule has 0 aliphatic carbocycles. The standard InChI is InChI=1S/C13H15FN2O4/c1-2-3-7-20-8-6-15-13(17)10-4-5-12(16(18)19)11(14)9-10/h2,4-5,9H,1,3,6-8H2,(H,15,17). The van der Waals surface area contributed by atoms with Crippen LogP contribution in [-0.4, -0.2) is 30.6 Å². The van der Waals surface area contributed by atoms with Crippen molar-refractivity contribution in [3.63, 3.8) is 0 Å². The molecule has 0 aromatic heterocycles. The van der Waals surface area contributed by atoms with Gasteiger partial charge in [-0.3, -0.25) is 14.9 Å². The van der Waals surface area contributed by atoms with Gasteiger partial charge in [0.15, 0.2) is 0 Å². The highest BCUT2D eigenvalue weighted by molar-refractivity contribution is 5.94. The number of hydrogen-bond donors (Lipinski definition) is 1. The van der Waals surface area contributed by atoms with Crippen molar-refractivity contribution in [2.75, 3.05) is 19.8 Å². The summed E-state index contributed by atoms with van der Waals surface area (Å²) in [5.74, 6) is -1.55. The van der Waals surface area contributed by atoms with E-state index in [1.165, 1.54) is 6.07 Å². The minimum absolute atomic E-state index is 0.0270. The topological polar surface area (TPSA) is 81.5 Å². The van der Waals surface area contributed by atoms with Gasteiger partial charge in [-0.2, -0.15) is 4.39 Å². The van der Waals surface area contributed by atoms with Crippen molar-refractivity contribution in [2.24, 2.45) is 0 Å². The van der Waals surface area contributed by atoms with Gasteiger partial charge in [0.1, 0.15) is 0 Å². The second-order valence-corrected chi connectivity index (χ2v) is 3.87. The number of hydrogen-bond acceptors (Lipinski definition) is 4. The van der Waals surface area contributed by atoms with Crippen LogP contribution in [0.2, 0.25) is 0 Å². The zero-order chi connectivity index (χ0) is 15.0. The Morgan fingerprint density at radius 3 is 2.85 bits per heavy atom. The van der Waals surface area contributed by atoms with Crippen LogP contribution in [0, 0.1) is 15.9 Å². The Kier molecular flexibility index (Phi) is 6.31. The van der Waals surface area contributed by atoms with Crippen LogP contribution in [0.5, 0.6) is 0 Å². The quantitative estimate of drug-likeness (QED) is 0.342. The summed E-state index contributed by atoms with van der Waals surface area (Å²) in [7, 11) is 0. The van der Waals surface area contributed by atoms with Gasteiger partial charge < -0.3 is 10.1 Å². The molecule has 1 rings (SSSR count). The molecule has 0 saturated carbocycles. The third-order valence-electron chi connectivity index (χ3n) is 2.40. The molecule has 0 radical (unpaired) electrons. The fourth-order valence-corrected chi connectivity index (χ4v) is 1.40. The van der Waals surface area contributed by atoms with Crippen molar-refractivity contribution in [1.82, 2.24) is 5.32 Å². The first-order valence-electron chi connectivity index (χ1n) is 5.97. The van der Waals surface area contributed by atoms with Crippen molar-refractivity contribution >= 4 is 11.6 Å². The zero-order valence-electron chi connectivity index (χ0n) is 10.8. The number of nitrogens with zero attached hydrogens (tertiary/aromatic N) is 1. The molecule has 0 saturated heterocycles. The largest absolute Gasteiger partial charge is 0.379 e. The van der Waals surface area contributed by atoms with Crippen molar-refractivity contribution < 1.29 is 18.8 Å². The van der Waals surface area contributed by atoms with E-state index in [2.05, 4.69) is 11.9 Å². The van der Waals surface area contributed by atoms with Crippen molar-refractivity contribution in [3.8, 4) is 0 Å². The van der Waals surface area contributed by atoms with Gasteiger partial charge in [0.05, 0.1) is 18.1 Å². The summed E-state index contributed by atoms with van der Waals surface area (Å²) in [6.45, 7) is 4.66. The fourth-order valence-electron chi connectivity index (χ4n) is 1.40. The van der Waals surface area contributed by atoms with Crippen LogP contribution in [0.25, 0.3) is 0 Å². The van der Waals surface area contributed by atoms with Crippen LogP contribution in [0.4, 0.5) is 10.1 Å². The van der Waals surface area contributed by atoms with E-state index >= 15 is 0 Å². The number of carbonyl (C=O) groups is 1. The molecule has 1 amide bonds. The third-order valence-corrected chi connectivity index (χ3v) is 2.40. The zero-order valence-corrected chi connectivity index (χ0v) is 10.8. The van der Waals surface area contributed by atoms with E-state index in [9.17, 15) is 19.3 Å². The lowest BCUT2D eigenvalue weighted by atomic mass is 10.2. The second-order valence-electron chi connectivity index (χ2n) is 3.87. The fraction of sp³-hybridized carbons (Fsp3) is 0.308. The van der Waals surface area contributed by atoms with Crippen LogP contribution < -0.4 is 5.32 Å². The van der Waals surface area contributed by atoms with E-state index in [1.54, 1.807) is 6.08 Å². The van der Waals surface area contributed by atoms with Crippen LogP contribution in [0.3, 0.4) is 0 Å². The van der Waals surface area contributed by atoms with Crippen molar-refractivity contribution in [1.29, 1.82) is 0 Å². The summed E-state index contributed by atoms with van der Waals surface area (Å²) < 4.78 is 18.5. The maximum atomic E-state index is 13.3. The van der Waals surface area contributed by atoms with Gasteiger partial charge in [-0.05, 0) is 18.6 Å². The van der Waals surface area contributed by atoms with E-state index in [4.69, 9.17) is 4.74 Å². The number of ether oxygens (including phenoxy) is 1. The normalized spacial score (nSPS) is 10.1. The number of carbonyl (C=O) groups excluding carboxylic acids is 1. The summed E-state index contributed by atoms with van der Waals surface area (Å²) >= 11 is 0. The number of benzene rings is 1. The van der Waals surface area contributed by atoms with Crippen LogP contribution in [0.1, 0.15) is 16.8 Å². The summed E-state index contributed by atoms with van der Waals surface area (Å²) in [4.78, 5) is 21.2. The maximum absolute atomic E-state index is 13.3. The Morgan fingerprint density at radius 1 is 1.50 bits per heavy atom. The molecule has 0 spiro atoms. The molecular weight excluding hydrogens is 267 g/mol. The molecule has 0 aliphatic heterocycles. The monoisotopic (exact) mass is 282 g/mol. The molecule has 7 heteroatoms. The molecule has 20 heavy (non-hydrogen) atoms. The molecule has 1 aromatic rings. The molecule has 0 fully saturated rings. The molecule has 1 N–H and O–H groups in total. The Morgan fingerprint density at radius 2 is 2.25 bits per heavy atom. The number of nitro benzene ring substituents is 1. The predicted octanol–water partition coefficient (Wildman–Crippen LogP) is 2.06. The Bertz CT molecular complexity index is 505. The minimum Gasteiger partial charge on any atom is -0.379 e. The number of halogens is 1. The second kappa shape index (κ2) is 8.00. The molecule has 1 aromatic carbocycles. The predicted molar refractivity (Wildman–Crippen MR) is 71.0 cm³/mol. The maximum Gasteiger partial charge on any atom is 0.304 e. The van der Waals surface area contributed by atoms with Gasteiger partial charge in [0, 0.05) is 18.2 Å². The van der Waals surface area contributed by atoms with E-state index in [0.29, 0.717) is 13.2 Å². The lowest BCUT2D eigenvalue weighted by Crippen LogP contribution is -2.27. The molecule has 0 atom stereocenters. The van der Waals surface area contributed by atoms with E-state index in [0.717, 1.165) is 18.6 Å². The van der Waals surface area contributed by atoms with Gasteiger partial charge in [-0.25, -0.2) is 0 Å². The number of amides is 1. The number of nitro groups is 1. The van der Waals surface area contributed by atoms with E-state index in [-0.39, 0.29) is 12.1 Å². The highest BCUT2D eigenvalue weighted by Gasteiger charge is 2.16. The van der Waals surface area contributed by atoms with Gasteiger partial charge in [0.2, 0.25) is 5.82 Å². The van der Waals surface area contributed by atoms with Gasteiger partial charge >= 0.3 is 5.69 Å². The number of nitrogens with one attached hydrogen (secondary N) is 1. The van der Waals surface area contributed by atoms with Crippen molar-refractivity contribution in [3.05, 3.63) is 52.3 Å². The van der Waals surface area contributed by atoms with Crippen LogP contribution >= 0.6 is 0 Å². The Hall–Kier alpha value is -2.28. The van der Waals surface area contributed by atoms with Gasteiger partial charge in [-0.15, -0.1) is 6.58 Å². The first-order valence-corrected chi connectivity index (χ1v) is 5.97. The smallest absolute Gasteiger partial charge is 0.304 e. The van der Waals surface area contributed by atoms with E-state index < -0.39 is 22.3 Å². The molecule has 0 heterocycles. The summed E-state index contributed by atoms with van der Waals surface area (Å²) in [5.41, 5.74) is -0.631.